The molecule has 0 radical (unpaired) electrons. The molecule has 0 aliphatic rings. The van der Waals surface area contributed by atoms with Gasteiger partial charge in [0.15, 0.2) is 0 Å². The van der Waals surface area contributed by atoms with Crippen LogP contribution in [0.4, 0.5) is 0 Å². The SMILES string of the molecule is Cc1cncc(CCC(Cl)C(C)(C)C)c1. The van der Waals surface area contributed by atoms with Crippen LogP contribution in [0.15, 0.2) is 18.5 Å². The van der Waals surface area contributed by atoms with Gasteiger partial charge in [-0.05, 0) is 36.3 Å². The van der Waals surface area contributed by atoms with Crippen LogP contribution in [0.3, 0.4) is 0 Å². The van der Waals surface area contributed by atoms with E-state index in [1.807, 2.05) is 12.4 Å². The Bertz CT molecular complexity index is 315. The van der Waals surface area contributed by atoms with E-state index in [0.29, 0.717) is 0 Å². The molecule has 0 aliphatic carbocycles. The molecule has 1 unspecified atom stereocenters. The normalized spacial score (nSPS) is 13.9. The topological polar surface area (TPSA) is 12.9 Å². The molecular weight excluding hydrogens is 206 g/mol. The Labute approximate surface area is 97.9 Å². The monoisotopic (exact) mass is 225 g/mol. The Morgan fingerprint density at radius 1 is 1.33 bits per heavy atom. The highest BCUT2D eigenvalue weighted by molar-refractivity contribution is 6.21. The second-order valence-electron chi connectivity index (χ2n) is 5.24. The van der Waals surface area contributed by atoms with Gasteiger partial charge in [0, 0.05) is 17.8 Å². The fraction of sp³-hybridized carbons (Fsp3) is 0.615. The van der Waals surface area contributed by atoms with Crippen molar-refractivity contribution >= 4 is 11.6 Å². The van der Waals surface area contributed by atoms with Crippen LogP contribution in [-0.4, -0.2) is 10.4 Å². The highest BCUT2D eigenvalue weighted by atomic mass is 35.5. The van der Waals surface area contributed by atoms with E-state index in [9.17, 15) is 0 Å². The second-order valence-corrected chi connectivity index (χ2v) is 5.77. The summed E-state index contributed by atoms with van der Waals surface area (Å²) in [5.41, 5.74) is 2.68. The molecule has 0 N–H and O–H groups in total. The smallest absolute Gasteiger partial charge is 0.0387 e. The molecule has 1 heterocycles. The van der Waals surface area contributed by atoms with Crippen LogP contribution >= 0.6 is 11.6 Å². The van der Waals surface area contributed by atoms with Crippen molar-refractivity contribution in [1.29, 1.82) is 0 Å². The van der Waals surface area contributed by atoms with E-state index < -0.39 is 0 Å². The summed E-state index contributed by atoms with van der Waals surface area (Å²) < 4.78 is 0. The van der Waals surface area contributed by atoms with E-state index in [0.717, 1.165) is 12.8 Å². The maximum Gasteiger partial charge on any atom is 0.0387 e. The van der Waals surface area contributed by atoms with Crippen LogP contribution in [0, 0.1) is 12.3 Å². The van der Waals surface area contributed by atoms with E-state index in [2.05, 4.69) is 38.7 Å². The Morgan fingerprint density at radius 2 is 2.00 bits per heavy atom. The summed E-state index contributed by atoms with van der Waals surface area (Å²) in [7, 11) is 0. The maximum atomic E-state index is 6.33. The third-order valence-electron chi connectivity index (χ3n) is 2.56. The van der Waals surface area contributed by atoms with Gasteiger partial charge in [-0.2, -0.15) is 0 Å². The van der Waals surface area contributed by atoms with Crippen molar-refractivity contribution in [3.63, 3.8) is 0 Å². The minimum atomic E-state index is 0.179. The van der Waals surface area contributed by atoms with Crippen LogP contribution in [0.1, 0.15) is 38.3 Å². The fourth-order valence-electron chi connectivity index (χ4n) is 1.48. The highest BCUT2D eigenvalue weighted by Gasteiger charge is 2.21. The van der Waals surface area contributed by atoms with Crippen molar-refractivity contribution < 1.29 is 0 Å². The molecule has 0 amide bonds. The van der Waals surface area contributed by atoms with Gasteiger partial charge in [0.2, 0.25) is 0 Å². The highest BCUT2D eigenvalue weighted by Crippen LogP contribution is 2.28. The Kier molecular flexibility index (Phi) is 4.15. The Morgan fingerprint density at radius 3 is 2.53 bits per heavy atom. The summed E-state index contributed by atoms with van der Waals surface area (Å²) in [5, 5.41) is 0.220. The molecule has 84 valence electrons. The van der Waals surface area contributed by atoms with Gasteiger partial charge in [-0.15, -0.1) is 11.6 Å². The van der Waals surface area contributed by atoms with Gasteiger partial charge < -0.3 is 0 Å². The lowest BCUT2D eigenvalue weighted by atomic mass is 9.88. The summed E-state index contributed by atoms with van der Waals surface area (Å²) in [6, 6.07) is 2.18. The number of alkyl halides is 1. The molecule has 0 bridgehead atoms. The molecule has 1 nitrogen and oxygen atoms in total. The van der Waals surface area contributed by atoms with Gasteiger partial charge in [-0.1, -0.05) is 26.8 Å². The summed E-state index contributed by atoms with van der Waals surface area (Å²) in [5.74, 6) is 0. The average Bonchev–Trinajstić information content (AvgIpc) is 2.12. The maximum absolute atomic E-state index is 6.33. The van der Waals surface area contributed by atoms with Crippen LogP contribution in [0.25, 0.3) is 0 Å². The van der Waals surface area contributed by atoms with Gasteiger partial charge in [0.05, 0.1) is 0 Å². The molecule has 1 aromatic rings. The van der Waals surface area contributed by atoms with Crippen molar-refractivity contribution in [2.75, 3.05) is 0 Å². The molecular formula is C13H20ClN. The van der Waals surface area contributed by atoms with Crippen molar-refractivity contribution in [2.24, 2.45) is 5.41 Å². The lowest BCUT2D eigenvalue weighted by molar-refractivity contribution is 0.374. The third-order valence-corrected chi connectivity index (χ3v) is 3.43. The number of hydrogen-bond donors (Lipinski definition) is 0. The predicted octanol–water partition coefficient (Wildman–Crippen LogP) is 3.98. The minimum Gasteiger partial charge on any atom is -0.264 e. The van der Waals surface area contributed by atoms with E-state index in [4.69, 9.17) is 11.6 Å². The average molecular weight is 226 g/mol. The van der Waals surface area contributed by atoms with Crippen molar-refractivity contribution in [3.8, 4) is 0 Å². The molecule has 0 spiro atoms. The van der Waals surface area contributed by atoms with Gasteiger partial charge >= 0.3 is 0 Å². The molecule has 1 atom stereocenters. The van der Waals surface area contributed by atoms with E-state index in [-0.39, 0.29) is 10.8 Å². The predicted molar refractivity (Wildman–Crippen MR) is 66.4 cm³/mol. The number of hydrogen-bond acceptors (Lipinski definition) is 1. The van der Waals surface area contributed by atoms with Crippen molar-refractivity contribution in [3.05, 3.63) is 29.6 Å². The summed E-state index contributed by atoms with van der Waals surface area (Å²) in [6.07, 6.45) is 5.83. The summed E-state index contributed by atoms with van der Waals surface area (Å²) in [4.78, 5) is 4.18. The largest absolute Gasteiger partial charge is 0.264 e. The molecule has 0 aliphatic heterocycles. The minimum absolute atomic E-state index is 0.179. The molecule has 0 saturated carbocycles. The quantitative estimate of drug-likeness (QED) is 0.710. The summed E-state index contributed by atoms with van der Waals surface area (Å²) in [6.45, 7) is 8.61. The van der Waals surface area contributed by atoms with Crippen molar-refractivity contribution in [2.45, 2.75) is 45.9 Å². The standard InChI is InChI=1S/C13H20ClN/c1-10-7-11(9-15-8-10)5-6-12(14)13(2,3)4/h7-9,12H,5-6H2,1-4H3. The van der Waals surface area contributed by atoms with Crippen LogP contribution in [0.5, 0.6) is 0 Å². The number of halogens is 1. The Hall–Kier alpha value is -0.560. The third kappa shape index (κ3) is 4.21. The first-order valence-corrected chi connectivity index (χ1v) is 5.88. The fourth-order valence-corrected chi connectivity index (χ4v) is 1.59. The first-order chi connectivity index (χ1) is 6.89. The molecule has 0 aromatic carbocycles. The second kappa shape index (κ2) is 4.98. The lowest BCUT2D eigenvalue weighted by Gasteiger charge is -2.24. The van der Waals surface area contributed by atoms with E-state index in [1.165, 1.54) is 11.1 Å². The van der Waals surface area contributed by atoms with Crippen LogP contribution in [0.2, 0.25) is 0 Å². The van der Waals surface area contributed by atoms with Crippen molar-refractivity contribution in [1.82, 2.24) is 4.98 Å². The van der Waals surface area contributed by atoms with Gasteiger partial charge in [-0.25, -0.2) is 0 Å². The molecule has 15 heavy (non-hydrogen) atoms. The number of nitrogens with zero attached hydrogens (tertiary/aromatic N) is 1. The molecule has 0 saturated heterocycles. The van der Waals surface area contributed by atoms with Gasteiger partial charge in [0.1, 0.15) is 0 Å². The van der Waals surface area contributed by atoms with Crippen LogP contribution in [-0.2, 0) is 6.42 Å². The molecule has 2 heteroatoms. The number of aromatic nitrogens is 1. The zero-order valence-corrected chi connectivity index (χ0v) is 10.8. The van der Waals surface area contributed by atoms with Crippen LogP contribution < -0.4 is 0 Å². The van der Waals surface area contributed by atoms with E-state index in [1.54, 1.807) is 0 Å². The van der Waals surface area contributed by atoms with Gasteiger partial charge in [0.25, 0.3) is 0 Å². The Balaban J connectivity index is 2.51. The number of aryl methyl sites for hydroxylation is 2. The zero-order chi connectivity index (χ0) is 11.5. The molecule has 1 aromatic heterocycles. The first kappa shape index (κ1) is 12.5. The molecule has 0 fully saturated rings. The number of rotatable bonds is 3. The van der Waals surface area contributed by atoms with Gasteiger partial charge in [-0.3, -0.25) is 4.98 Å². The summed E-state index contributed by atoms with van der Waals surface area (Å²) >= 11 is 6.33. The number of pyridine rings is 1. The molecule has 1 rings (SSSR count). The first-order valence-electron chi connectivity index (χ1n) is 5.44. The van der Waals surface area contributed by atoms with E-state index >= 15 is 0 Å². The lowest BCUT2D eigenvalue weighted by Crippen LogP contribution is -2.21. The zero-order valence-electron chi connectivity index (χ0n) is 10.0.